The summed E-state index contributed by atoms with van der Waals surface area (Å²) in [6, 6.07) is 0. The van der Waals surface area contributed by atoms with Gasteiger partial charge in [0.25, 0.3) is 0 Å². The summed E-state index contributed by atoms with van der Waals surface area (Å²) >= 11 is 0. The summed E-state index contributed by atoms with van der Waals surface area (Å²) < 4.78 is 6.66. The average molecular weight is 213 g/mol. The van der Waals surface area contributed by atoms with Crippen LogP contribution in [-0.4, -0.2) is 27.5 Å². The van der Waals surface area contributed by atoms with Crippen LogP contribution in [0.4, 0.5) is 5.69 Å². The number of aromatic nitrogens is 2. The standard InChI is InChI=1S/C9H15N3O3/c1-6(2)4-15-5-12-3-7(10)8(11-12)9(13)14/h3,6H,4-5,10H2,1-2H3,(H,13,14). The first kappa shape index (κ1) is 11.5. The van der Waals surface area contributed by atoms with Crippen LogP contribution in [0.3, 0.4) is 0 Å². The second kappa shape index (κ2) is 4.79. The Labute approximate surface area is 87.6 Å². The lowest BCUT2D eigenvalue weighted by Crippen LogP contribution is -2.09. The van der Waals surface area contributed by atoms with E-state index in [4.69, 9.17) is 15.6 Å². The zero-order valence-corrected chi connectivity index (χ0v) is 8.80. The number of hydrogen-bond acceptors (Lipinski definition) is 4. The molecular formula is C9H15N3O3. The van der Waals surface area contributed by atoms with Crippen LogP contribution in [0.15, 0.2) is 6.20 Å². The molecular weight excluding hydrogens is 198 g/mol. The number of nitrogen functional groups attached to an aromatic ring is 1. The Morgan fingerprint density at radius 3 is 2.87 bits per heavy atom. The van der Waals surface area contributed by atoms with Crippen molar-refractivity contribution in [2.45, 2.75) is 20.6 Å². The molecule has 1 rings (SSSR count). The fraction of sp³-hybridized carbons (Fsp3) is 0.556. The second-order valence-corrected chi connectivity index (χ2v) is 3.67. The third kappa shape index (κ3) is 3.25. The molecule has 0 aromatic carbocycles. The Morgan fingerprint density at radius 2 is 2.40 bits per heavy atom. The number of nitrogens with two attached hydrogens (primary N) is 1. The Balaban J connectivity index is 2.56. The number of ether oxygens (including phenoxy) is 1. The molecule has 3 N–H and O–H groups in total. The average Bonchev–Trinajstić information content (AvgIpc) is 2.46. The van der Waals surface area contributed by atoms with Crippen molar-refractivity contribution in [2.24, 2.45) is 5.92 Å². The normalized spacial score (nSPS) is 10.9. The van der Waals surface area contributed by atoms with Crippen molar-refractivity contribution >= 4 is 11.7 Å². The monoisotopic (exact) mass is 213 g/mol. The van der Waals surface area contributed by atoms with E-state index in [9.17, 15) is 4.79 Å². The largest absolute Gasteiger partial charge is 0.476 e. The highest BCUT2D eigenvalue weighted by atomic mass is 16.5. The second-order valence-electron chi connectivity index (χ2n) is 3.67. The van der Waals surface area contributed by atoms with Gasteiger partial charge in [-0.05, 0) is 5.92 Å². The van der Waals surface area contributed by atoms with Crippen LogP contribution in [0.1, 0.15) is 24.3 Å². The van der Waals surface area contributed by atoms with E-state index in [0.717, 1.165) is 0 Å². The molecule has 0 aliphatic heterocycles. The number of anilines is 1. The highest BCUT2D eigenvalue weighted by Gasteiger charge is 2.12. The highest BCUT2D eigenvalue weighted by molar-refractivity contribution is 5.90. The Bertz CT molecular complexity index is 346. The molecule has 6 heteroatoms. The maximum Gasteiger partial charge on any atom is 0.358 e. The molecule has 1 aromatic rings. The number of nitrogens with zero attached hydrogens (tertiary/aromatic N) is 2. The van der Waals surface area contributed by atoms with E-state index in [1.54, 1.807) is 0 Å². The van der Waals surface area contributed by atoms with Crippen molar-refractivity contribution in [2.75, 3.05) is 12.3 Å². The van der Waals surface area contributed by atoms with Crippen molar-refractivity contribution in [3.63, 3.8) is 0 Å². The predicted molar refractivity (Wildman–Crippen MR) is 54.4 cm³/mol. The number of carboxylic acids is 1. The molecule has 0 spiro atoms. The SMILES string of the molecule is CC(C)COCn1cc(N)c(C(=O)O)n1. The number of carboxylic acid groups (broad SMARTS) is 1. The molecule has 0 bridgehead atoms. The third-order valence-electron chi connectivity index (χ3n) is 1.67. The molecule has 1 aromatic heterocycles. The van der Waals surface area contributed by atoms with Crippen LogP contribution in [0.2, 0.25) is 0 Å². The van der Waals surface area contributed by atoms with E-state index in [-0.39, 0.29) is 18.1 Å². The lowest BCUT2D eigenvalue weighted by Gasteiger charge is -2.05. The molecule has 15 heavy (non-hydrogen) atoms. The molecule has 0 radical (unpaired) electrons. The van der Waals surface area contributed by atoms with Crippen LogP contribution in [0, 0.1) is 5.92 Å². The molecule has 0 unspecified atom stereocenters. The molecule has 0 saturated carbocycles. The van der Waals surface area contributed by atoms with Crippen LogP contribution in [-0.2, 0) is 11.5 Å². The molecule has 84 valence electrons. The highest BCUT2D eigenvalue weighted by Crippen LogP contribution is 2.08. The minimum Gasteiger partial charge on any atom is -0.476 e. The van der Waals surface area contributed by atoms with Crippen molar-refractivity contribution in [1.29, 1.82) is 0 Å². The van der Waals surface area contributed by atoms with Gasteiger partial charge in [0, 0.05) is 0 Å². The fourth-order valence-electron chi connectivity index (χ4n) is 1.05. The number of hydrogen-bond donors (Lipinski definition) is 2. The Hall–Kier alpha value is -1.56. The number of aromatic carboxylic acids is 1. The van der Waals surface area contributed by atoms with Gasteiger partial charge in [-0.3, -0.25) is 0 Å². The number of rotatable bonds is 5. The van der Waals surface area contributed by atoms with E-state index in [2.05, 4.69) is 5.10 Å². The van der Waals surface area contributed by atoms with Crippen molar-refractivity contribution in [3.8, 4) is 0 Å². The summed E-state index contributed by atoms with van der Waals surface area (Å²) in [5, 5.41) is 12.5. The van der Waals surface area contributed by atoms with E-state index < -0.39 is 5.97 Å². The van der Waals surface area contributed by atoms with Crippen LogP contribution < -0.4 is 5.73 Å². The summed E-state index contributed by atoms with van der Waals surface area (Å²) in [5.41, 5.74) is 5.47. The topological polar surface area (TPSA) is 90.4 Å². The third-order valence-corrected chi connectivity index (χ3v) is 1.67. The smallest absolute Gasteiger partial charge is 0.358 e. The summed E-state index contributed by atoms with van der Waals surface area (Å²) in [4.78, 5) is 10.6. The van der Waals surface area contributed by atoms with Crippen LogP contribution >= 0.6 is 0 Å². The molecule has 0 amide bonds. The van der Waals surface area contributed by atoms with Crippen molar-refractivity contribution in [3.05, 3.63) is 11.9 Å². The predicted octanol–water partition coefficient (Wildman–Crippen LogP) is 0.794. The van der Waals surface area contributed by atoms with Gasteiger partial charge in [-0.15, -0.1) is 0 Å². The van der Waals surface area contributed by atoms with E-state index in [1.165, 1.54) is 10.9 Å². The molecule has 0 atom stereocenters. The minimum atomic E-state index is -1.13. The van der Waals surface area contributed by atoms with Gasteiger partial charge in [-0.1, -0.05) is 13.8 Å². The molecule has 6 nitrogen and oxygen atoms in total. The lowest BCUT2D eigenvalue weighted by atomic mass is 10.2. The summed E-state index contributed by atoms with van der Waals surface area (Å²) in [6.45, 7) is 4.87. The summed E-state index contributed by atoms with van der Waals surface area (Å²) in [7, 11) is 0. The van der Waals surface area contributed by atoms with E-state index in [0.29, 0.717) is 12.5 Å². The fourth-order valence-corrected chi connectivity index (χ4v) is 1.05. The van der Waals surface area contributed by atoms with Crippen molar-refractivity contribution < 1.29 is 14.6 Å². The van der Waals surface area contributed by atoms with Gasteiger partial charge in [-0.2, -0.15) is 5.10 Å². The molecule has 0 fully saturated rings. The Kier molecular flexibility index (Phi) is 3.68. The van der Waals surface area contributed by atoms with Crippen LogP contribution in [0.25, 0.3) is 0 Å². The molecule has 0 aliphatic carbocycles. The summed E-state index contributed by atoms with van der Waals surface area (Å²) in [5.74, 6) is -0.702. The minimum absolute atomic E-state index is 0.136. The quantitative estimate of drug-likeness (QED) is 0.754. The number of carbonyl (C=O) groups is 1. The summed E-state index contributed by atoms with van der Waals surface area (Å²) in [6.07, 6.45) is 1.45. The maximum absolute atomic E-state index is 10.6. The van der Waals surface area contributed by atoms with Gasteiger partial charge >= 0.3 is 5.97 Å². The van der Waals surface area contributed by atoms with Gasteiger partial charge in [-0.25, -0.2) is 9.48 Å². The Morgan fingerprint density at radius 1 is 1.73 bits per heavy atom. The van der Waals surface area contributed by atoms with Gasteiger partial charge in [0.2, 0.25) is 0 Å². The van der Waals surface area contributed by atoms with Gasteiger partial charge in [0.1, 0.15) is 6.73 Å². The van der Waals surface area contributed by atoms with Gasteiger partial charge in [0.05, 0.1) is 18.5 Å². The first-order chi connectivity index (χ1) is 7.00. The van der Waals surface area contributed by atoms with E-state index >= 15 is 0 Å². The van der Waals surface area contributed by atoms with Gasteiger partial charge in [0.15, 0.2) is 5.69 Å². The lowest BCUT2D eigenvalue weighted by molar-refractivity contribution is 0.0495. The molecule has 1 heterocycles. The van der Waals surface area contributed by atoms with Gasteiger partial charge < -0.3 is 15.6 Å². The molecule has 0 saturated heterocycles. The zero-order valence-electron chi connectivity index (χ0n) is 8.80. The van der Waals surface area contributed by atoms with Crippen LogP contribution in [0.5, 0.6) is 0 Å². The molecule has 0 aliphatic rings. The maximum atomic E-state index is 10.6. The first-order valence-corrected chi connectivity index (χ1v) is 4.64. The zero-order chi connectivity index (χ0) is 11.4. The first-order valence-electron chi connectivity index (χ1n) is 4.64. The van der Waals surface area contributed by atoms with Crippen molar-refractivity contribution in [1.82, 2.24) is 9.78 Å². The van der Waals surface area contributed by atoms with E-state index in [1.807, 2.05) is 13.8 Å².